The van der Waals surface area contributed by atoms with Crippen LogP contribution in [0.15, 0.2) is 0 Å². The standard InChI is InChI=1S/C12H20Br2Cl2/c1-2-3-4-5-6-7-10-11(8-15,9-16)12(10,13)14/h10H,2-9H2,1H3. The zero-order valence-electron chi connectivity index (χ0n) is 9.75. The molecule has 1 aliphatic rings. The maximum absolute atomic E-state index is 6.05. The van der Waals surface area contributed by atoms with Gasteiger partial charge in [-0.1, -0.05) is 70.9 Å². The van der Waals surface area contributed by atoms with Crippen LogP contribution in [0.4, 0.5) is 0 Å². The smallest absolute Gasteiger partial charge is 0.0922 e. The van der Waals surface area contributed by atoms with Gasteiger partial charge in [0.1, 0.15) is 0 Å². The van der Waals surface area contributed by atoms with Gasteiger partial charge in [-0.3, -0.25) is 0 Å². The van der Waals surface area contributed by atoms with Crippen LogP contribution in [0, 0.1) is 11.3 Å². The van der Waals surface area contributed by atoms with Crippen LogP contribution in [-0.4, -0.2) is 15.0 Å². The SMILES string of the molecule is CCCCCCCC1C(Br)(Br)C1(CCl)CCl. The Morgan fingerprint density at radius 3 is 2.00 bits per heavy atom. The van der Waals surface area contributed by atoms with Crippen molar-refractivity contribution >= 4 is 55.1 Å². The summed E-state index contributed by atoms with van der Waals surface area (Å²) < 4.78 is -0.0126. The van der Waals surface area contributed by atoms with Gasteiger partial charge in [0.15, 0.2) is 0 Å². The molecule has 1 rings (SSSR count). The van der Waals surface area contributed by atoms with E-state index in [4.69, 9.17) is 23.2 Å². The zero-order chi connectivity index (χ0) is 12.2. The molecule has 0 bridgehead atoms. The first kappa shape index (κ1) is 15.6. The van der Waals surface area contributed by atoms with Crippen LogP contribution >= 0.6 is 55.1 Å². The second-order valence-corrected chi connectivity index (χ2v) is 8.90. The molecule has 0 nitrogen and oxygen atoms in total. The van der Waals surface area contributed by atoms with E-state index in [2.05, 4.69) is 38.8 Å². The molecule has 1 unspecified atom stereocenters. The second-order valence-electron chi connectivity index (χ2n) is 4.80. The lowest BCUT2D eigenvalue weighted by Crippen LogP contribution is -2.13. The molecule has 0 aliphatic heterocycles. The number of alkyl halides is 4. The lowest BCUT2D eigenvalue weighted by atomic mass is 10.0. The normalized spacial score (nSPS) is 25.7. The number of halogens is 4. The molecule has 96 valence electrons. The monoisotopic (exact) mass is 392 g/mol. The minimum absolute atomic E-state index is 0.0126. The van der Waals surface area contributed by atoms with Crippen LogP contribution in [0.3, 0.4) is 0 Å². The number of rotatable bonds is 8. The van der Waals surface area contributed by atoms with E-state index in [1.807, 2.05) is 0 Å². The topological polar surface area (TPSA) is 0 Å². The molecule has 0 amide bonds. The van der Waals surface area contributed by atoms with Crippen molar-refractivity contribution in [3.8, 4) is 0 Å². The van der Waals surface area contributed by atoms with Crippen LogP contribution in [0.25, 0.3) is 0 Å². The summed E-state index contributed by atoms with van der Waals surface area (Å²) in [4.78, 5) is 0. The van der Waals surface area contributed by atoms with Gasteiger partial charge in [-0.15, -0.1) is 23.2 Å². The fraction of sp³-hybridized carbons (Fsp3) is 1.00. The summed E-state index contributed by atoms with van der Waals surface area (Å²) >= 11 is 19.6. The molecule has 0 radical (unpaired) electrons. The van der Waals surface area contributed by atoms with E-state index >= 15 is 0 Å². The summed E-state index contributed by atoms with van der Waals surface area (Å²) in [7, 11) is 0. The summed E-state index contributed by atoms with van der Waals surface area (Å²) in [6.07, 6.45) is 7.86. The predicted molar refractivity (Wildman–Crippen MR) is 81.3 cm³/mol. The Labute approximate surface area is 126 Å². The molecule has 1 aliphatic carbocycles. The van der Waals surface area contributed by atoms with E-state index in [0.29, 0.717) is 17.7 Å². The number of hydrogen-bond acceptors (Lipinski definition) is 0. The molecule has 0 spiro atoms. The van der Waals surface area contributed by atoms with Crippen LogP contribution < -0.4 is 0 Å². The molecule has 0 N–H and O–H groups in total. The Morgan fingerprint density at radius 2 is 1.56 bits per heavy atom. The molecule has 1 atom stereocenters. The minimum atomic E-state index is -0.0126. The van der Waals surface area contributed by atoms with E-state index < -0.39 is 0 Å². The van der Waals surface area contributed by atoms with E-state index in [1.165, 1.54) is 38.5 Å². The van der Waals surface area contributed by atoms with E-state index in [1.54, 1.807) is 0 Å². The van der Waals surface area contributed by atoms with Crippen LogP contribution in [0.5, 0.6) is 0 Å². The first-order valence-electron chi connectivity index (χ1n) is 6.06. The van der Waals surface area contributed by atoms with Crippen molar-refractivity contribution in [2.24, 2.45) is 11.3 Å². The van der Waals surface area contributed by atoms with Gasteiger partial charge in [-0.2, -0.15) is 0 Å². The fourth-order valence-corrected chi connectivity index (χ4v) is 6.35. The van der Waals surface area contributed by atoms with Crippen LogP contribution in [0.1, 0.15) is 45.4 Å². The van der Waals surface area contributed by atoms with Crippen molar-refractivity contribution in [1.29, 1.82) is 0 Å². The van der Waals surface area contributed by atoms with Gasteiger partial charge in [-0.05, 0) is 12.3 Å². The average Bonchev–Trinajstić information content (AvgIpc) is 2.75. The molecule has 1 saturated carbocycles. The number of unbranched alkanes of at least 4 members (excludes halogenated alkanes) is 4. The van der Waals surface area contributed by atoms with Crippen LogP contribution in [-0.2, 0) is 0 Å². The van der Waals surface area contributed by atoms with E-state index in [9.17, 15) is 0 Å². The van der Waals surface area contributed by atoms with Gasteiger partial charge in [0.25, 0.3) is 0 Å². The van der Waals surface area contributed by atoms with Gasteiger partial charge in [0, 0.05) is 17.2 Å². The fourth-order valence-electron chi connectivity index (χ4n) is 2.40. The Bertz CT molecular complexity index is 215. The van der Waals surface area contributed by atoms with Gasteiger partial charge < -0.3 is 0 Å². The van der Waals surface area contributed by atoms with Crippen molar-refractivity contribution in [2.45, 2.75) is 48.7 Å². The molecule has 16 heavy (non-hydrogen) atoms. The van der Waals surface area contributed by atoms with Crippen LogP contribution in [0.2, 0.25) is 0 Å². The van der Waals surface area contributed by atoms with Gasteiger partial charge >= 0.3 is 0 Å². The number of hydrogen-bond donors (Lipinski definition) is 0. The predicted octanol–water partition coefficient (Wildman–Crippen LogP) is 5.93. The molecular weight excluding hydrogens is 375 g/mol. The summed E-state index contributed by atoms with van der Waals surface area (Å²) in [5, 5.41) is 0. The molecule has 0 aromatic rings. The lowest BCUT2D eigenvalue weighted by molar-refractivity contribution is 0.506. The maximum atomic E-state index is 6.05. The molecule has 0 saturated heterocycles. The van der Waals surface area contributed by atoms with E-state index in [0.717, 1.165) is 0 Å². The second kappa shape index (κ2) is 6.63. The third-order valence-corrected chi connectivity index (χ3v) is 7.40. The Morgan fingerprint density at radius 1 is 1.00 bits per heavy atom. The summed E-state index contributed by atoms with van der Waals surface area (Å²) in [6, 6.07) is 0. The molecule has 4 heteroatoms. The van der Waals surface area contributed by atoms with Gasteiger partial charge in [0.2, 0.25) is 0 Å². The highest BCUT2D eigenvalue weighted by molar-refractivity contribution is 9.25. The quantitative estimate of drug-likeness (QED) is 0.353. The third kappa shape index (κ3) is 2.92. The van der Waals surface area contributed by atoms with Crippen molar-refractivity contribution < 1.29 is 0 Å². The Hall–Kier alpha value is 1.54. The van der Waals surface area contributed by atoms with Crippen molar-refractivity contribution in [1.82, 2.24) is 0 Å². The maximum Gasteiger partial charge on any atom is 0.0922 e. The third-order valence-electron chi connectivity index (χ3n) is 3.76. The van der Waals surface area contributed by atoms with Crippen molar-refractivity contribution in [2.75, 3.05) is 11.8 Å². The van der Waals surface area contributed by atoms with Gasteiger partial charge in [0.05, 0.1) is 3.23 Å². The first-order chi connectivity index (χ1) is 7.56. The molecule has 0 heterocycles. The highest BCUT2D eigenvalue weighted by Crippen LogP contribution is 2.73. The summed E-state index contributed by atoms with van der Waals surface area (Å²) in [6.45, 7) is 2.24. The first-order valence-corrected chi connectivity index (χ1v) is 8.72. The summed E-state index contributed by atoms with van der Waals surface area (Å²) in [5.41, 5.74) is 0.0564. The van der Waals surface area contributed by atoms with Crippen molar-refractivity contribution in [3.63, 3.8) is 0 Å². The Balaban J connectivity index is 2.28. The molecule has 1 fully saturated rings. The highest BCUT2D eigenvalue weighted by Gasteiger charge is 2.72. The summed E-state index contributed by atoms with van der Waals surface area (Å²) in [5.74, 6) is 1.84. The van der Waals surface area contributed by atoms with E-state index in [-0.39, 0.29) is 8.65 Å². The minimum Gasteiger partial charge on any atom is -0.126 e. The largest absolute Gasteiger partial charge is 0.126 e. The molecule has 0 aromatic carbocycles. The highest BCUT2D eigenvalue weighted by atomic mass is 79.9. The zero-order valence-corrected chi connectivity index (χ0v) is 14.4. The Kier molecular flexibility index (Phi) is 6.47. The molecular formula is C12H20Br2Cl2. The molecule has 0 aromatic heterocycles. The van der Waals surface area contributed by atoms with Gasteiger partial charge in [-0.25, -0.2) is 0 Å². The van der Waals surface area contributed by atoms with Crippen molar-refractivity contribution in [3.05, 3.63) is 0 Å². The lowest BCUT2D eigenvalue weighted by Gasteiger charge is -2.10. The average molecular weight is 395 g/mol.